The molecule has 2 aromatic carbocycles. The van der Waals surface area contributed by atoms with Gasteiger partial charge in [0.2, 0.25) is 11.8 Å². The summed E-state index contributed by atoms with van der Waals surface area (Å²) in [5.41, 5.74) is 2.80. The zero-order valence-corrected chi connectivity index (χ0v) is 19.7. The van der Waals surface area contributed by atoms with Crippen molar-refractivity contribution in [2.24, 2.45) is 5.92 Å². The van der Waals surface area contributed by atoms with Crippen LogP contribution >= 0.6 is 23.1 Å². The van der Waals surface area contributed by atoms with Crippen molar-refractivity contribution in [2.75, 3.05) is 6.54 Å². The Bertz CT molecular complexity index is 1350. The third-order valence-corrected chi connectivity index (χ3v) is 8.38. The molecule has 10 heteroatoms. The lowest BCUT2D eigenvalue weighted by atomic mass is 9.82. The summed E-state index contributed by atoms with van der Waals surface area (Å²) in [4.78, 5) is 53.8. The fourth-order valence-corrected chi connectivity index (χ4v) is 6.94. The number of carboxylic acids is 1. The molecule has 3 heterocycles. The quantitative estimate of drug-likeness (QED) is 0.504. The summed E-state index contributed by atoms with van der Waals surface area (Å²) in [6.45, 7) is 1.62. The molecule has 1 saturated heterocycles. The first-order valence-electron chi connectivity index (χ1n) is 10.6. The van der Waals surface area contributed by atoms with Crippen molar-refractivity contribution in [2.45, 2.75) is 29.7 Å². The number of hydrogen-bond donors (Lipinski definition) is 2. The number of imide groups is 1. The Labute approximate surface area is 202 Å². The summed E-state index contributed by atoms with van der Waals surface area (Å²) < 4.78 is 6.15. The van der Waals surface area contributed by atoms with Gasteiger partial charge in [-0.3, -0.25) is 24.1 Å². The second-order valence-corrected chi connectivity index (χ2v) is 10.4. The van der Waals surface area contributed by atoms with E-state index in [0.29, 0.717) is 27.8 Å². The molecule has 34 heavy (non-hydrogen) atoms. The number of carbonyl (C=O) groups is 3. The minimum atomic E-state index is -1.26. The number of aliphatic carboxylic acids is 1. The van der Waals surface area contributed by atoms with Crippen molar-refractivity contribution < 1.29 is 24.2 Å². The van der Waals surface area contributed by atoms with Crippen LogP contribution < -0.4 is 9.61 Å². The molecule has 0 bridgehead atoms. The number of aromatic amines is 1. The molecule has 0 radical (unpaired) electrons. The van der Waals surface area contributed by atoms with Crippen LogP contribution in [-0.4, -0.2) is 44.6 Å². The fraction of sp³-hybridized carbons (Fsp3) is 0.250. The highest BCUT2D eigenvalue weighted by molar-refractivity contribution is 8.00. The Hall–Kier alpha value is -3.37. The standard InChI is InChI=1S/C24H20N2O6S2/c1-12-6-8-13(9-7-12)11-32-15-5-3-2-4-14(15)17-18-20(33-21-19(17)34-24(31)25-21)23(30)26(22(18)29)10-16(27)28/h2-9,17-18,20H,10-11H2,1H3,(H,25,31)(H,27,28)/t17-,18?,20?/m0/s1. The molecule has 2 aliphatic rings. The van der Waals surface area contributed by atoms with E-state index >= 15 is 0 Å². The molecule has 0 spiro atoms. The predicted octanol–water partition coefficient (Wildman–Crippen LogP) is 3.00. The van der Waals surface area contributed by atoms with E-state index in [4.69, 9.17) is 4.74 Å². The molecule has 2 amide bonds. The number of likely N-dealkylation sites (tertiary alicyclic amines) is 1. The number of thiazole rings is 1. The number of hydrogen-bond acceptors (Lipinski definition) is 7. The average Bonchev–Trinajstić information content (AvgIpc) is 3.29. The number of aromatic nitrogens is 1. The third-order valence-electron chi connectivity index (χ3n) is 5.98. The number of carboxylic acid groups (broad SMARTS) is 1. The third kappa shape index (κ3) is 3.92. The number of ether oxygens (including phenoxy) is 1. The molecule has 3 aromatic rings. The molecule has 2 aliphatic heterocycles. The van der Waals surface area contributed by atoms with E-state index in [2.05, 4.69) is 4.98 Å². The Balaban J connectivity index is 1.55. The van der Waals surface area contributed by atoms with Gasteiger partial charge in [0.1, 0.15) is 24.2 Å². The summed E-state index contributed by atoms with van der Waals surface area (Å²) in [5, 5.41) is 8.93. The molecule has 0 aliphatic carbocycles. The molecule has 1 aromatic heterocycles. The molecule has 0 saturated carbocycles. The molecular weight excluding hydrogens is 476 g/mol. The normalized spacial score (nSPS) is 21.3. The Morgan fingerprint density at radius 3 is 2.56 bits per heavy atom. The number of thioether (sulfide) groups is 1. The van der Waals surface area contributed by atoms with E-state index < -0.39 is 41.4 Å². The largest absolute Gasteiger partial charge is 0.489 e. The van der Waals surface area contributed by atoms with E-state index in [-0.39, 0.29) is 4.87 Å². The number of carbonyl (C=O) groups excluding carboxylic acids is 2. The number of fused-ring (bicyclic) bond motifs is 2. The average molecular weight is 497 g/mol. The lowest BCUT2D eigenvalue weighted by molar-refractivity contribution is -0.149. The number of para-hydroxylation sites is 1. The van der Waals surface area contributed by atoms with Crippen LogP contribution in [0.4, 0.5) is 0 Å². The van der Waals surface area contributed by atoms with Gasteiger partial charge in [0.15, 0.2) is 0 Å². The van der Waals surface area contributed by atoms with Gasteiger partial charge >= 0.3 is 10.8 Å². The minimum Gasteiger partial charge on any atom is -0.489 e. The second-order valence-electron chi connectivity index (χ2n) is 8.22. The van der Waals surface area contributed by atoms with Crippen LogP contribution in [0.2, 0.25) is 0 Å². The Morgan fingerprint density at radius 1 is 1.09 bits per heavy atom. The molecule has 2 unspecified atom stereocenters. The van der Waals surface area contributed by atoms with E-state index in [0.717, 1.165) is 39.1 Å². The topological polar surface area (TPSA) is 117 Å². The summed E-state index contributed by atoms with van der Waals surface area (Å²) in [6.07, 6.45) is 0. The maximum Gasteiger partial charge on any atom is 0.323 e. The predicted molar refractivity (Wildman–Crippen MR) is 126 cm³/mol. The SMILES string of the molecule is Cc1ccc(COc2ccccc2[C@@H]2c3sc(=O)[nH]c3SC3C(=O)N(CC(=O)O)C(=O)C32)cc1. The van der Waals surface area contributed by atoms with Gasteiger partial charge in [0.25, 0.3) is 0 Å². The van der Waals surface area contributed by atoms with E-state index in [1.165, 1.54) is 0 Å². The van der Waals surface area contributed by atoms with Crippen LogP contribution in [0.3, 0.4) is 0 Å². The van der Waals surface area contributed by atoms with E-state index in [1.807, 2.05) is 49.4 Å². The Morgan fingerprint density at radius 2 is 1.82 bits per heavy atom. The van der Waals surface area contributed by atoms with Crippen LogP contribution in [-0.2, 0) is 21.0 Å². The van der Waals surface area contributed by atoms with Crippen LogP contribution in [0, 0.1) is 12.8 Å². The molecule has 2 N–H and O–H groups in total. The number of nitrogens with one attached hydrogen (secondary N) is 1. The van der Waals surface area contributed by atoms with Gasteiger partial charge in [-0.2, -0.15) is 0 Å². The second kappa shape index (κ2) is 8.77. The van der Waals surface area contributed by atoms with Crippen molar-refractivity contribution in [3.63, 3.8) is 0 Å². The number of aryl methyl sites for hydroxylation is 1. The van der Waals surface area contributed by atoms with Crippen molar-refractivity contribution in [1.29, 1.82) is 0 Å². The molecular formula is C24H20N2O6S2. The molecule has 174 valence electrons. The number of amides is 2. The minimum absolute atomic E-state index is 0.275. The van der Waals surface area contributed by atoms with Gasteiger partial charge in [-0.05, 0) is 18.6 Å². The lowest BCUT2D eigenvalue weighted by Gasteiger charge is -2.30. The molecule has 3 atom stereocenters. The summed E-state index contributed by atoms with van der Waals surface area (Å²) in [5.74, 6) is -3.26. The van der Waals surface area contributed by atoms with E-state index in [9.17, 15) is 24.3 Å². The maximum absolute atomic E-state index is 13.3. The summed E-state index contributed by atoms with van der Waals surface area (Å²) >= 11 is 2.12. The number of nitrogens with zero attached hydrogens (tertiary/aromatic N) is 1. The van der Waals surface area contributed by atoms with Crippen molar-refractivity contribution in [3.8, 4) is 5.75 Å². The highest BCUT2D eigenvalue weighted by Gasteiger charge is 2.56. The van der Waals surface area contributed by atoms with Gasteiger partial charge in [-0.25, -0.2) is 0 Å². The van der Waals surface area contributed by atoms with Crippen LogP contribution in [0.1, 0.15) is 27.5 Å². The van der Waals surface area contributed by atoms with Gasteiger partial charge in [-0.15, -0.1) is 0 Å². The zero-order valence-electron chi connectivity index (χ0n) is 18.0. The van der Waals surface area contributed by atoms with Gasteiger partial charge in [0, 0.05) is 16.4 Å². The highest BCUT2D eigenvalue weighted by atomic mass is 32.2. The first-order valence-corrected chi connectivity index (χ1v) is 12.3. The molecule has 5 rings (SSSR count). The van der Waals surface area contributed by atoms with Gasteiger partial charge in [0.05, 0.1) is 10.9 Å². The number of rotatable bonds is 6. The first-order chi connectivity index (χ1) is 16.3. The van der Waals surface area contributed by atoms with E-state index in [1.54, 1.807) is 6.07 Å². The van der Waals surface area contributed by atoms with Gasteiger partial charge < -0.3 is 14.8 Å². The summed E-state index contributed by atoms with van der Waals surface area (Å²) in [6, 6.07) is 15.2. The van der Waals surface area contributed by atoms with Crippen LogP contribution in [0.25, 0.3) is 0 Å². The molecule has 8 nitrogen and oxygen atoms in total. The highest BCUT2D eigenvalue weighted by Crippen LogP contribution is 2.53. The zero-order chi connectivity index (χ0) is 24.0. The van der Waals surface area contributed by atoms with Gasteiger partial charge in [-0.1, -0.05) is 71.1 Å². The molecule has 1 fully saturated rings. The number of benzene rings is 2. The summed E-state index contributed by atoms with van der Waals surface area (Å²) in [7, 11) is 0. The number of H-pyrrole nitrogens is 1. The van der Waals surface area contributed by atoms with Crippen LogP contribution in [0.5, 0.6) is 5.75 Å². The van der Waals surface area contributed by atoms with Crippen molar-refractivity contribution in [3.05, 3.63) is 79.8 Å². The lowest BCUT2D eigenvalue weighted by Crippen LogP contribution is -2.36. The first kappa shape index (κ1) is 22.4. The van der Waals surface area contributed by atoms with Crippen molar-refractivity contribution >= 4 is 40.9 Å². The smallest absolute Gasteiger partial charge is 0.323 e. The Kier molecular flexibility index (Phi) is 5.78. The van der Waals surface area contributed by atoms with Crippen molar-refractivity contribution in [1.82, 2.24) is 9.88 Å². The maximum atomic E-state index is 13.3. The monoisotopic (exact) mass is 496 g/mol. The fourth-order valence-electron chi connectivity index (χ4n) is 4.41. The van der Waals surface area contributed by atoms with Crippen LogP contribution in [0.15, 0.2) is 58.4 Å².